The molecule has 0 spiro atoms. The average molecular weight is 288 g/mol. The molecule has 21 heavy (non-hydrogen) atoms. The molecule has 1 aromatic carbocycles. The molecule has 3 unspecified atom stereocenters. The van der Waals surface area contributed by atoms with E-state index in [1.807, 2.05) is 12.1 Å². The maximum atomic E-state index is 9.70. The van der Waals surface area contributed by atoms with Crippen LogP contribution in [-0.4, -0.2) is 16.5 Å². The molecule has 3 nitrogen and oxygen atoms in total. The second-order valence-electron chi connectivity index (χ2n) is 7.51. The molecule has 4 rings (SSSR count). The largest absolute Gasteiger partial charge is 0.508 e. The van der Waals surface area contributed by atoms with Gasteiger partial charge >= 0.3 is 0 Å². The standard InChI is InChI=1S/C18H24O3/c1-18-9-8-14-13-5-3-12(19)10-11(13)2-4-15(14)16(18)6-7-17(18)21-20/h3,5,10,14-17,19-20H,2,4,6-9H2,1H3/t14?,15?,16?,17-,18-/m0/s1. The lowest BCUT2D eigenvalue weighted by Crippen LogP contribution is -2.44. The number of fused-ring (bicyclic) bond motifs is 5. The highest BCUT2D eigenvalue weighted by molar-refractivity contribution is 5.40. The zero-order chi connectivity index (χ0) is 14.6. The van der Waals surface area contributed by atoms with Gasteiger partial charge in [-0.3, -0.25) is 5.26 Å². The number of phenols is 1. The predicted molar refractivity (Wildman–Crippen MR) is 80.2 cm³/mol. The minimum Gasteiger partial charge on any atom is -0.508 e. The number of rotatable bonds is 1. The van der Waals surface area contributed by atoms with Crippen LogP contribution in [0.5, 0.6) is 5.75 Å². The van der Waals surface area contributed by atoms with Crippen molar-refractivity contribution in [1.82, 2.24) is 0 Å². The maximum Gasteiger partial charge on any atom is 0.115 e. The minimum absolute atomic E-state index is 0.0182. The topological polar surface area (TPSA) is 49.7 Å². The summed E-state index contributed by atoms with van der Waals surface area (Å²) in [5, 5.41) is 18.9. The van der Waals surface area contributed by atoms with Crippen molar-refractivity contribution in [2.24, 2.45) is 17.3 Å². The van der Waals surface area contributed by atoms with E-state index >= 15 is 0 Å². The van der Waals surface area contributed by atoms with Crippen molar-refractivity contribution in [2.75, 3.05) is 0 Å². The quantitative estimate of drug-likeness (QED) is 0.604. The molecule has 3 aliphatic rings. The highest BCUT2D eigenvalue weighted by Crippen LogP contribution is 2.61. The second-order valence-corrected chi connectivity index (χ2v) is 7.51. The zero-order valence-electron chi connectivity index (χ0n) is 12.6. The molecule has 1 aromatic rings. The first-order valence-electron chi connectivity index (χ1n) is 8.25. The van der Waals surface area contributed by atoms with E-state index in [0.717, 1.165) is 19.3 Å². The highest BCUT2D eigenvalue weighted by atomic mass is 17.1. The lowest BCUT2D eigenvalue weighted by atomic mass is 9.55. The monoisotopic (exact) mass is 288 g/mol. The summed E-state index contributed by atoms with van der Waals surface area (Å²) >= 11 is 0. The zero-order valence-corrected chi connectivity index (χ0v) is 12.6. The van der Waals surface area contributed by atoms with Gasteiger partial charge in [-0.05, 0) is 79.5 Å². The van der Waals surface area contributed by atoms with Crippen LogP contribution in [0.1, 0.15) is 56.1 Å². The van der Waals surface area contributed by atoms with Crippen LogP contribution in [0.2, 0.25) is 0 Å². The number of aryl methyl sites for hydroxylation is 1. The van der Waals surface area contributed by atoms with Crippen LogP contribution in [0.25, 0.3) is 0 Å². The van der Waals surface area contributed by atoms with Crippen molar-refractivity contribution < 1.29 is 15.3 Å². The van der Waals surface area contributed by atoms with Gasteiger partial charge < -0.3 is 5.11 Å². The fourth-order valence-corrected chi connectivity index (χ4v) is 5.69. The van der Waals surface area contributed by atoms with E-state index in [-0.39, 0.29) is 11.5 Å². The van der Waals surface area contributed by atoms with Crippen molar-refractivity contribution in [2.45, 2.75) is 57.5 Å². The van der Waals surface area contributed by atoms with Crippen LogP contribution < -0.4 is 0 Å². The third-order valence-corrected chi connectivity index (χ3v) is 6.75. The van der Waals surface area contributed by atoms with E-state index in [0.29, 0.717) is 23.5 Å². The summed E-state index contributed by atoms with van der Waals surface area (Å²) in [6.07, 6.45) is 6.77. The van der Waals surface area contributed by atoms with Gasteiger partial charge in [-0.2, -0.15) is 0 Å². The molecule has 0 bridgehead atoms. The van der Waals surface area contributed by atoms with Gasteiger partial charge in [0.25, 0.3) is 0 Å². The average Bonchev–Trinajstić information content (AvgIpc) is 2.83. The summed E-state index contributed by atoms with van der Waals surface area (Å²) in [6.45, 7) is 2.31. The van der Waals surface area contributed by atoms with Crippen molar-refractivity contribution in [1.29, 1.82) is 0 Å². The van der Waals surface area contributed by atoms with Crippen LogP contribution in [0.3, 0.4) is 0 Å². The third kappa shape index (κ3) is 1.87. The molecule has 2 N–H and O–H groups in total. The van der Waals surface area contributed by atoms with Gasteiger partial charge in [0.1, 0.15) is 5.75 Å². The fourth-order valence-electron chi connectivity index (χ4n) is 5.69. The van der Waals surface area contributed by atoms with Crippen molar-refractivity contribution in [3.05, 3.63) is 29.3 Å². The van der Waals surface area contributed by atoms with Gasteiger partial charge in [-0.1, -0.05) is 13.0 Å². The second kappa shape index (κ2) is 4.72. The van der Waals surface area contributed by atoms with E-state index in [1.54, 1.807) is 0 Å². The fraction of sp³-hybridized carbons (Fsp3) is 0.667. The molecule has 0 radical (unpaired) electrons. The lowest BCUT2D eigenvalue weighted by Gasteiger charge is -2.50. The summed E-state index contributed by atoms with van der Waals surface area (Å²) in [5.41, 5.74) is 2.94. The highest BCUT2D eigenvalue weighted by Gasteiger charge is 2.55. The first-order valence-corrected chi connectivity index (χ1v) is 8.25. The molecule has 0 amide bonds. The third-order valence-electron chi connectivity index (χ3n) is 6.75. The summed E-state index contributed by atoms with van der Waals surface area (Å²) < 4.78 is 0. The molecule has 2 saturated carbocycles. The normalized spacial score (nSPS) is 41.2. The molecule has 3 aliphatic carbocycles. The van der Waals surface area contributed by atoms with Gasteiger partial charge in [0, 0.05) is 5.41 Å². The molecule has 114 valence electrons. The lowest BCUT2D eigenvalue weighted by molar-refractivity contribution is -0.302. The van der Waals surface area contributed by atoms with E-state index in [2.05, 4.69) is 13.0 Å². The summed E-state index contributed by atoms with van der Waals surface area (Å²) in [4.78, 5) is 4.82. The predicted octanol–water partition coefficient (Wildman–Crippen LogP) is 4.11. The van der Waals surface area contributed by atoms with E-state index in [1.165, 1.54) is 30.4 Å². The summed E-state index contributed by atoms with van der Waals surface area (Å²) in [5.74, 6) is 2.39. The van der Waals surface area contributed by atoms with Gasteiger partial charge in [-0.15, -0.1) is 0 Å². The Bertz CT molecular complexity index is 555. The Morgan fingerprint density at radius 1 is 1.19 bits per heavy atom. The van der Waals surface area contributed by atoms with Crippen molar-refractivity contribution >= 4 is 0 Å². The summed E-state index contributed by atoms with van der Waals surface area (Å²) in [6, 6.07) is 5.93. The Morgan fingerprint density at radius 3 is 2.86 bits per heavy atom. The van der Waals surface area contributed by atoms with Gasteiger partial charge in [-0.25, -0.2) is 4.89 Å². The molecular weight excluding hydrogens is 264 g/mol. The Labute approximate surface area is 125 Å². The molecule has 0 aliphatic heterocycles. The Hall–Kier alpha value is -1.06. The Morgan fingerprint density at radius 2 is 2.05 bits per heavy atom. The molecule has 0 saturated heterocycles. The molecule has 5 atom stereocenters. The van der Waals surface area contributed by atoms with Gasteiger partial charge in [0.2, 0.25) is 0 Å². The maximum absolute atomic E-state index is 9.70. The Kier molecular flexibility index (Phi) is 3.05. The Balaban J connectivity index is 1.68. The first kappa shape index (κ1) is 13.6. The molecule has 2 fully saturated rings. The van der Waals surface area contributed by atoms with Crippen LogP contribution in [0.4, 0.5) is 0 Å². The van der Waals surface area contributed by atoms with E-state index < -0.39 is 0 Å². The van der Waals surface area contributed by atoms with Crippen LogP contribution in [-0.2, 0) is 11.3 Å². The van der Waals surface area contributed by atoms with E-state index in [4.69, 9.17) is 4.89 Å². The first-order chi connectivity index (χ1) is 10.1. The molecule has 3 heteroatoms. The number of hydrogen-bond acceptors (Lipinski definition) is 3. The SMILES string of the molecule is C[C@]12CCC3c4ccc(O)cc4CCC3C1CC[C@@H]2OO. The van der Waals surface area contributed by atoms with Crippen molar-refractivity contribution in [3.8, 4) is 5.75 Å². The van der Waals surface area contributed by atoms with Gasteiger partial charge in [0.15, 0.2) is 0 Å². The van der Waals surface area contributed by atoms with Crippen LogP contribution >= 0.6 is 0 Å². The molecule has 0 aromatic heterocycles. The number of phenolic OH excluding ortho intramolecular Hbond substituents is 1. The van der Waals surface area contributed by atoms with Crippen molar-refractivity contribution in [3.63, 3.8) is 0 Å². The number of hydrogen-bond donors (Lipinski definition) is 2. The minimum atomic E-state index is 0.0182. The smallest absolute Gasteiger partial charge is 0.115 e. The number of benzene rings is 1. The number of aromatic hydroxyl groups is 1. The van der Waals surface area contributed by atoms with E-state index in [9.17, 15) is 10.4 Å². The van der Waals surface area contributed by atoms with Crippen LogP contribution in [0.15, 0.2) is 18.2 Å². The molecular formula is C18H24O3. The summed E-state index contributed by atoms with van der Waals surface area (Å²) in [7, 11) is 0. The van der Waals surface area contributed by atoms with Gasteiger partial charge in [0.05, 0.1) is 6.10 Å². The molecule has 0 heterocycles. The van der Waals surface area contributed by atoms with Crippen LogP contribution in [0, 0.1) is 17.3 Å².